The molecule has 0 aromatic heterocycles. The van der Waals surface area contributed by atoms with Gasteiger partial charge in [-0.25, -0.2) is 0 Å². The molecule has 0 saturated carbocycles. The zero-order chi connectivity index (χ0) is 66.7. The van der Waals surface area contributed by atoms with Crippen LogP contribution in [0.15, 0.2) is 0 Å². The van der Waals surface area contributed by atoms with Crippen molar-refractivity contribution in [2.24, 2.45) is 11.8 Å². The molecular weight excluding hydrogens is 1650 g/mol. The van der Waals surface area contributed by atoms with Gasteiger partial charge in [-0.3, -0.25) is 0 Å². The predicted molar refractivity (Wildman–Crippen MR) is 428 cm³/mol. The molecule has 0 spiro atoms. The van der Waals surface area contributed by atoms with Crippen molar-refractivity contribution >= 4 is 108 Å². The molecule has 1 aliphatic heterocycles. The van der Waals surface area contributed by atoms with E-state index < -0.39 is 60.4 Å². The van der Waals surface area contributed by atoms with Crippen molar-refractivity contribution in [3.63, 3.8) is 0 Å². The summed E-state index contributed by atoms with van der Waals surface area (Å²) >= 11 is 16.6. The quantitative estimate of drug-likeness (QED) is 0.00911. The number of aliphatic hydroxyl groups excluding tert-OH is 9. The molecule has 12 atom stereocenters. The molecule has 1 heterocycles. The first kappa shape index (κ1) is 106. The number of unbranched alkanes of at least 4 members (excludes halogenated alkanes) is 36. The van der Waals surface area contributed by atoms with Gasteiger partial charge in [-0.05, 0) is 80.3 Å². The van der Waals surface area contributed by atoms with E-state index >= 15 is 0 Å². The molecule has 18 heteroatoms. The SMILES string of the molecule is C.C.CC(C)[C@H](O)[C@@H](C)[C@H](C)O.CCCCCCCCCCCCS.CCCCCCCCCCCCSC(SCCCCCCCCCCCC)[C@H](O)[C@H](O)[C@@H](O)[C@H](C)O.CCCCCCCCCCCCS[C@@H]1OC(C)[C@H](O)[C@H](O)C1O.CI.I[I-]I. The summed E-state index contributed by atoms with van der Waals surface area (Å²) in [7, 11) is 0. The molecule has 2 unspecified atom stereocenters. The van der Waals surface area contributed by atoms with E-state index in [2.05, 4.69) is 100 Å². The molecule has 89 heavy (non-hydrogen) atoms. The number of hydrogen-bond acceptors (Lipinski definition) is 14. The molecule has 0 radical (unpaired) electrons. The number of hydrogen-bond donors (Lipinski definition) is 10. The zero-order valence-corrected chi connectivity index (χ0v) is 69.8. The molecule has 9 N–H and O–H groups in total. The van der Waals surface area contributed by atoms with Gasteiger partial charge in [0.1, 0.15) is 42.1 Å². The Labute approximate surface area is 616 Å². The molecule has 10 nitrogen and oxygen atoms in total. The fourth-order valence-electron chi connectivity index (χ4n) is 9.90. The van der Waals surface area contributed by atoms with E-state index in [1.807, 2.05) is 25.7 Å². The summed E-state index contributed by atoms with van der Waals surface area (Å²) in [5, 5.41) is 88.7. The van der Waals surface area contributed by atoms with Gasteiger partial charge in [0.15, 0.2) is 0 Å². The van der Waals surface area contributed by atoms with Gasteiger partial charge in [0, 0.05) is 5.92 Å². The van der Waals surface area contributed by atoms with Gasteiger partial charge in [0.05, 0.1) is 29.0 Å². The molecule has 0 aromatic carbocycles. The van der Waals surface area contributed by atoms with Gasteiger partial charge < -0.3 is 50.7 Å². The molecule has 0 aromatic rings. The first-order chi connectivity index (χ1) is 41.8. The van der Waals surface area contributed by atoms with Crippen LogP contribution < -0.4 is 13.3 Å². The summed E-state index contributed by atoms with van der Waals surface area (Å²) < 4.78 is 5.40. The van der Waals surface area contributed by atoms with Crippen LogP contribution in [0.3, 0.4) is 0 Å². The van der Waals surface area contributed by atoms with Gasteiger partial charge in [0.2, 0.25) is 0 Å². The second kappa shape index (κ2) is 84.3. The number of rotatable bonds is 53. The van der Waals surface area contributed by atoms with E-state index in [9.17, 15) is 40.9 Å². The van der Waals surface area contributed by atoms with Crippen molar-refractivity contribution in [3.8, 4) is 0 Å². The number of thioether (sulfide) groups is 3. The number of halogens is 4. The topological polar surface area (TPSA) is 191 Å². The number of aliphatic hydroxyl groups is 9. The Balaban J connectivity index is -0.000000216. The molecule has 550 valence electrons. The molecule has 1 rings (SSSR count). The first-order valence-corrected chi connectivity index (χ1v) is 53.8. The molecule has 0 bridgehead atoms. The van der Waals surface area contributed by atoms with Crippen LogP contribution in [0.2, 0.25) is 0 Å². The Morgan fingerprint density at radius 2 is 0.674 bits per heavy atom. The van der Waals surface area contributed by atoms with E-state index in [0.717, 1.165) is 42.3 Å². The van der Waals surface area contributed by atoms with Crippen LogP contribution in [0.4, 0.5) is 0 Å². The minimum atomic E-state index is -1.32. The van der Waals surface area contributed by atoms with E-state index in [1.165, 1.54) is 244 Å². The van der Waals surface area contributed by atoms with E-state index in [-0.39, 0.29) is 37.4 Å². The fourth-order valence-corrected chi connectivity index (χ4v) is 14.2. The van der Waals surface area contributed by atoms with E-state index in [1.54, 1.807) is 49.1 Å². The minimum absolute atomic E-state index is 0. The molecule has 1 aliphatic rings. The first-order valence-electron chi connectivity index (χ1n) is 35.3. The van der Waals surface area contributed by atoms with Gasteiger partial charge in [-0.2, -0.15) is 12.6 Å². The Hall–Kier alpha value is 3.92. The zero-order valence-electron chi connectivity index (χ0n) is 57.8. The Bertz CT molecular complexity index is 1220. The third-order valence-corrected chi connectivity index (χ3v) is 20.8. The van der Waals surface area contributed by atoms with Crippen LogP contribution in [-0.2, 0) is 4.74 Å². The maximum atomic E-state index is 10.8. The van der Waals surface area contributed by atoms with E-state index in [4.69, 9.17) is 9.84 Å². The monoisotopic (exact) mass is 1800 g/mol. The predicted octanol–water partition coefficient (Wildman–Crippen LogP) is 18.5. The number of alkyl halides is 1. The van der Waals surface area contributed by atoms with Crippen molar-refractivity contribution in [1.82, 2.24) is 0 Å². The number of ether oxygens (including phenoxy) is 1. The average molecular weight is 1800 g/mol. The van der Waals surface area contributed by atoms with Crippen LogP contribution in [0, 0.1) is 11.8 Å². The van der Waals surface area contributed by atoms with Crippen molar-refractivity contribution in [2.75, 3.05) is 27.9 Å². The van der Waals surface area contributed by atoms with Crippen molar-refractivity contribution in [1.29, 1.82) is 0 Å². The maximum absolute atomic E-state index is 10.8. The van der Waals surface area contributed by atoms with Crippen LogP contribution in [0.5, 0.6) is 0 Å². The Kier molecular flexibility index (Phi) is 101. The Morgan fingerprint density at radius 1 is 0.393 bits per heavy atom. The summed E-state index contributed by atoms with van der Waals surface area (Å²) in [5.41, 5.74) is -0.429. The van der Waals surface area contributed by atoms with Gasteiger partial charge in [-0.15, -0.1) is 35.3 Å². The molecule has 0 amide bonds. The Morgan fingerprint density at radius 3 is 0.933 bits per heavy atom. The molecule has 0 aliphatic carbocycles. The van der Waals surface area contributed by atoms with Crippen LogP contribution in [0.1, 0.15) is 341 Å². The van der Waals surface area contributed by atoms with Crippen molar-refractivity contribution in [3.05, 3.63) is 0 Å². The summed E-state index contributed by atoms with van der Waals surface area (Å²) in [6.45, 7) is 19.7. The number of thiol groups is 1. The van der Waals surface area contributed by atoms with Crippen molar-refractivity contribution in [2.45, 2.75) is 412 Å². The normalized spacial score (nSPS) is 18.5. The van der Waals surface area contributed by atoms with Gasteiger partial charge >= 0.3 is 50.5 Å². The third-order valence-electron chi connectivity index (χ3n) is 16.1. The van der Waals surface area contributed by atoms with Crippen LogP contribution >= 0.6 is 108 Å². The summed E-state index contributed by atoms with van der Waals surface area (Å²) in [5.74, 6) is 4.11. The molecular formula is C71H153I4O10S4-. The van der Waals surface area contributed by atoms with Crippen LogP contribution in [0.25, 0.3) is 0 Å². The summed E-state index contributed by atoms with van der Waals surface area (Å²) in [6.07, 6.45) is 44.3. The second-order valence-corrected chi connectivity index (χ2v) is 45.4. The van der Waals surface area contributed by atoms with Gasteiger partial charge in [0.25, 0.3) is 0 Å². The standard InChI is InChI=1S/C30H62O4S2.C18H36O4S.C12H26S.C8H18O2.CH3I.2CH4.I3/c1-4-6-8-10-12-14-16-18-20-22-24-35-30(29(34)28(33)27(32)26(3)31)36-25-23-21-19-17-15-13-11-9-7-5-2;1-3-4-5-6-7-8-9-10-11-12-13-23-18-17(21)16(20)15(19)14(2)22-18;1-2-3-4-5-6-7-8-9-10-11-12-13;1-5(2)8(10)6(3)7(4)9;1-2;;;1-3-2/h26-34H,4-25H2,1-3H3;14-21H,3-13H2,1-2H3;13H,2-12H2,1H3;5-10H,1-4H3;1H3;2*1H4;/q;;;;;;;-1/t26-,27-,28+,29+;14?,15-,16-,17?,18-;;6-,7-,8-;;;;/m00.0..../s1. The van der Waals surface area contributed by atoms with Gasteiger partial charge in [-0.1, -0.05) is 317 Å². The van der Waals surface area contributed by atoms with Crippen LogP contribution in [-0.4, -0.2) is 145 Å². The molecule has 1 fully saturated rings. The average Bonchev–Trinajstić information content (AvgIpc) is 3.67. The van der Waals surface area contributed by atoms with Crippen molar-refractivity contribution < 1.29 is 64.0 Å². The molecule has 1 saturated heterocycles. The third kappa shape index (κ3) is 73.0. The second-order valence-electron chi connectivity index (χ2n) is 24.7. The van der Waals surface area contributed by atoms with E-state index in [0.29, 0.717) is 13.3 Å². The summed E-state index contributed by atoms with van der Waals surface area (Å²) in [6, 6.07) is 0. The summed E-state index contributed by atoms with van der Waals surface area (Å²) in [4.78, 5) is 1.97. The fraction of sp³-hybridized carbons (Fsp3) is 1.00.